The van der Waals surface area contributed by atoms with Crippen molar-refractivity contribution in [3.05, 3.63) is 23.8 Å². The molecule has 0 saturated heterocycles. The highest BCUT2D eigenvalue weighted by Crippen LogP contribution is 2.32. The molecule has 1 aromatic carbocycles. The first-order valence-corrected chi connectivity index (χ1v) is 7.20. The molecule has 0 fully saturated rings. The van der Waals surface area contributed by atoms with Gasteiger partial charge in [-0.15, -0.1) is 0 Å². The number of benzene rings is 1. The Balaban J connectivity index is 2.28. The Labute approximate surface area is 110 Å². The van der Waals surface area contributed by atoms with Crippen LogP contribution in [0.5, 0.6) is 5.75 Å². The summed E-state index contributed by atoms with van der Waals surface area (Å²) in [4.78, 5) is 11.4. The molecule has 7 nitrogen and oxygen atoms in total. The van der Waals surface area contributed by atoms with Gasteiger partial charge in [0.25, 0.3) is 10.0 Å². The van der Waals surface area contributed by atoms with E-state index in [4.69, 9.17) is 4.74 Å². The van der Waals surface area contributed by atoms with Crippen LogP contribution in [0.25, 0.3) is 0 Å². The Bertz CT molecular complexity index is 597. The highest BCUT2D eigenvalue weighted by molar-refractivity contribution is 7.92. The molecule has 19 heavy (non-hydrogen) atoms. The first-order chi connectivity index (χ1) is 8.93. The minimum Gasteiger partial charge on any atom is -0.474 e. The maximum absolute atomic E-state index is 11.4. The zero-order valence-electron chi connectivity index (χ0n) is 10.1. The molecule has 1 aromatic rings. The van der Waals surface area contributed by atoms with Gasteiger partial charge in [0.15, 0.2) is 6.10 Å². The zero-order chi connectivity index (χ0) is 14.0. The Morgan fingerprint density at radius 3 is 3.00 bits per heavy atom. The summed E-state index contributed by atoms with van der Waals surface area (Å²) >= 11 is 0. The van der Waals surface area contributed by atoms with Crippen LogP contribution in [0.2, 0.25) is 0 Å². The third-order valence-corrected chi connectivity index (χ3v) is 3.42. The molecule has 0 radical (unpaired) electrons. The van der Waals surface area contributed by atoms with Crippen molar-refractivity contribution < 1.29 is 27.8 Å². The number of aliphatic hydroxyl groups is 1. The summed E-state index contributed by atoms with van der Waals surface area (Å²) in [6.07, 6.45) is -1.46. The largest absolute Gasteiger partial charge is 0.474 e. The number of hydrogen-bond donors (Lipinski definition) is 2. The monoisotopic (exact) mass is 287 g/mol. The standard InChI is InChI=1S/C11H13NO6S/c1-2-17-11(14)10(13)7-3-4-9-8(5-7)12-19(15,16)6-18-9/h3-5,10,12-13H,2,6H2,1H3. The summed E-state index contributed by atoms with van der Waals surface area (Å²) in [6.45, 7) is 1.77. The van der Waals surface area contributed by atoms with Crippen LogP contribution in [-0.4, -0.2) is 32.0 Å². The third kappa shape index (κ3) is 2.96. The second-order valence-corrected chi connectivity index (χ2v) is 5.56. The Hall–Kier alpha value is -1.80. The Morgan fingerprint density at radius 2 is 2.32 bits per heavy atom. The molecule has 1 aliphatic heterocycles. The van der Waals surface area contributed by atoms with Gasteiger partial charge in [-0.05, 0) is 24.6 Å². The summed E-state index contributed by atoms with van der Waals surface area (Å²) in [6, 6.07) is 4.29. The minimum atomic E-state index is -3.54. The van der Waals surface area contributed by atoms with Gasteiger partial charge in [-0.1, -0.05) is 6.07 Å². The lowest BCUT2D eigenvalue weighted by Crippen LogP contribution is -2.26. The van der Waals surface area contributed by atoms with Crippen molar-refractivity contribution in [1.82, 2.24) is 0 Å². The number of aliphatic hydroxyl groups excluding tert-OH is 1. The van der Waals surface area contributed by atoms with Crippen LogP contribution in [0.1, 0.15) is 18.6 Å². The van der Waals surface area contributed by atoms with Gasteiger partial charge >= 0.3 is 5.97 Å². The van der Waals surface area contributed by atoms with Gasteiger partial charge in [-0.2, -0.15) is 0 Å². The van der Waals surface area contributed by atoms with Crippen LogP contribution in [0.3, 0.4) is 0 Å². The van der Waals surface area contributed by atoms with E-state index in [0.717, 1.165) is 0 Å². The van der Waals surface area contributed by atoms with E-state index in [0.29, 0.717) is 5.75 Å². The summed E-state index contributed by atoms with van der Waals surface area (Å²) < 4.78 is 34.7. The molecule has 0 amide bonds. The molecule has 0 aliphatic carbocycles. The van der Waals surface area contributed by atoms with Crippen molar-refractivity contribution in [1.29, 1.82) is 0 Å². The maximum Gasteiger partial charge on any atom is 0.339 e. The van der Waals surface area contributed by atoms with E-state index in [9.17, 15) is 18.3 Å². The van der Waals surface area contributed by atoms with Crippen molar-refractivity contribution in [2.75, 3.05) is 17.3 Å². The number of esters is 1. The molecule has 104 valence electrons. The van der Waals surface area contributed by atoms with Crippen LogP contribution in [0, 0.1) is 0 Å². The molecule has 2 rings (SSSR count). The molecule has 1 heterocycles. The normalized spacial score (nSPS) is 17.6. The molecule has 0 bridgehead atoms. The van der Waals surface area contributed by atoms with E-state index in [1.165, 1.54) is 18.2 Å². The number of nitrogens with one attached hydrogen (secondary N) is 1. The van der Waals surface area contributed by atoms with E-state index in [1.807, 2.05) is 0 Å². The average molecular weight is 287 g/mol. The number of carbonyl (C=O) groups excluding carboxylic acids is 1. The number of carbonyl (C=O) groups is 1. The summed E-state index contributed by atoms with van der Waals surface area (Å²) in [5.41, 5.74) is 0.414. The zero-order valence-corrected chi connectivity index (χ0v) is 10.9. The van der Waals surface area contributed by atoms with E-state index >= 15 is 0 Å². The van der Waals surface area contributed by atoms with Gasteiger partial charge < -0.3 is 14.6 Å². The van der Waals surface area contributed by atoms with Crippen molar-refractivity contribution in [3.63, 3.8) is 0 Å². The number of sulfonamides is 1. The highest BCUT2D eigenvalue weighted by Gasteiger charge is 2.24. The van der Waals surface area contributed by atoms with Crippen LogP contribution in [0.15, 0.2) is 18.2 Å². The Kier molecular flexibility index (Phi) is 3.63. The predicted molar refractivity (Wildman–Crippen MR) is 66.1 cm³/mol. The van der Waals surface area contributed by atoms with E-state index in [-0.39, 0.29) is 17.9 Å². The van der Waals surface area contributed by atoms with Crippen LogP contribution in [0.4, 0.5) is 5.69 Å². The van der Waals surface area contributed by atoms with Crippen molar-refractivity contribution >= 4 is 21.7 Å². The lowest BCUT2D eigenvalue weighted by molar-refractivity contribution is -0.153. The number of ether oxygens (including phenoxy) is 2. The van der Waals surface area contributed by atoms with Crippen LogP contribution in [-0.2, 0) is 19.6 Å². The molecule has 1 aliphatic rings. The fraction of sp³-hybridized carbons (Fsp3) is 0.364. The first kappa shape index (κ1) is 13.6. The first-order valence-electron chi connectivity index (χ1n) is 5.55. The lowest BCUT2D eigenvalue weighted by Gasteiger charge is -2.20. The second kappa shape index (κ2) is 5.06. The number of rotatable bonds is 3. The van der Waals surface area contributed by atoms with E-state index in [2.05, 4.69) is 9.46 Å². The molecule has 8 heteroatoms. The highest BCUT2D eigenvalue weighted by atomic mass is 32.2. The van der Waals surface area contributed by atoms with Gasteiger partial charge in [0.1, 0.15) is 5.75 Å². The predicted octanol–water partition coefficient (Wildman–Crippen LogP) is 0.375. The number of anilines is 1. The van der Waals surface area contributed by atoms with Crippen LogP contribution < -0.4 is 9.46 Å². The third-order valence-electron chi connectivity index (χ3n) is 2.46. The summed E-state index contributed by atoms with van der Waals surface area (Å²) in [5.74, 6) is -0.906. The molecule has 0 saturated carbocycles. The quantitative estimate of drug-likeness (QED) is 0.779. The van der Waals surface area contributed by atoms with Crippen molar-refractivity contribution in [2.45, 2.75) is 13.0 Å². The smallest absolute Gasteiger partial charge is 0.339 e. The van der Waals surface area contributed by atoms with Gasteiger partial charge in [0.05, 0.1) is 12.3 Å². The molecule has 0 spiro atoms. The number of fused-ring (bicyclic) bond motifs is 1. The summed E-state index contributed by atoms with van der Waals surface area (Å²) in [7, 11) is -3.54. The molecular weight excluding hydrogens is 274 g/mol. The lowest BCUT2D eigenvalue weighted by atomic mass is 10.1. The fourth-order valence-corrected chi connectivity index (χ4v) is 2.45. The Morgan fingerprint density at radius 1 is 1.58 bits per heavy atom. The SMILES string of the molecule is CCOC(=O)C(O)c1ccc2c(c1)NS(=O)(=O)CO2. The van der Waals surface area contributed by atoms with Gasteiger partial charge in [-0.25, -0.2) is 13.2 Å². The second-order valence-electron chi connectivity index (χ2n) is 3.89. The number of hydrogen-bond acceptors (Lipinski definition) is 6. The topological polar surface area (TPSA) is 102 Å². The molecule has 2 N–H and O–H groups in total. The van der Waals surface area contributed by atoms with Crippen LogP contribution >= 0.6 is 0 Å². The van der Waals surface area contributed by atoms with Gasteiger partial charge in [0.2, 0.25) is 5.94 Å². The summed E-state index contributed by atoms with van der Waals surface area (Å²) in [5, 5.41) is 9.76. The van der Waals surface area contributed by atoms with Crippen molar-refractivity contribution in [2.24, 2.45) is 0 Å². The van der Waals surface area contributed by atoms with Gasteiger partial charge in [0, 0.05) is 0 Å². The minimum absolute atomic E-state index is 0.149. The van der Waals surface area contributed by atoms with Gasteiger partial charge in [-0.3, -0.25) is 4.72 Å². The molecular formula is C11H13NO6S. The molecule has 1 atom stereocenters. The van der Waals surface area contributed by atoms with E-state index in [1.54, 1.807) is 6.92 Å². The maximum atomic E-state index is 11.4. The van der Waals surface area contributed by atoms with Crippen molar-refractivity contribution in [3.8, 4) is 5.75 Å². The molecule has 1 unspecified atom stereocenters. The molecule has 0 aromatic heterocycles. The average Bonchev–Trinajstić information content (AvgIpc) is 2.36. The fourth-order valence-electron chi connectivity index (χ4n) is 1.62. The van der Waals surface area contributed by atoms with E-state index < -0.39 is 28.0 Å².